The summed E-state index contributed by atoms with van der Waals surface area (Å²) in [5, 5.41) is 6.03. The molecular weight excluding hydrogens is 252 g/mol. The van der Waals surface area contributed by atoms with Crippen LogP contribution in [0.3, 0.4) is 0 Å². The lowest BCUT2D eigenvalue weighted by Crippen LogP contribution is -2.31. The van der Waals surface area contributed by atoms with Crippen molar-refractivity contribution in [3.8, 4) is 5.75 Å². The molecule has 1 amide bonds. The van der Waals surface area contributed by atoms with E-state index < -0.39 is 0 Å². The largest absolute Gasteiger partial charge is 0.494 e. The maximum Gasteiger partial charge on any atom is 0.251 e. The summed E-state index contributed by atoms with van der Waals surface area (Å²) in [6.07, 6.45) is 1.03. The van der Waals surface area contributed by atoms with Crippen LogP contribution in [0.15, 0.2) is 24.3 Å². The molecule has 112 valence electrons. The fourth-order valence-electron chi connectivity index (χ4n) is 1.66. The lowest BCUT2D eigenvalue weighted by Gasteiger charge is -2.09. The highest BCUT2D eigenvalue weighted by atomic mass is 16.5. The van der Waals surface area contributed by atoms with Gasteiger partial charge in [-0.25, -0.2) is 0 Å². The summed E-state index contributed by atoms with van der Waals surface area (Å²) < 4.78 is 5.62. The summed E-state index contributed by atoms with van der Waals surface area (Å²) >= 11 is 0. The topological polar surface area (TPSA) is 50.4 Å². The number of carbonyl (C=O) groups is 1. The van der Waals surface area contributed by atoms with E-state index in [4.69, 9.17) is 4.74 Å². The van der Waals surface area contributed by atoms with Gasteiger partial charge in [-0.3, -0.25) is 4.79 Å². The Morgan fingerprint density at radius 1 is 1.20 bits per heavy atom. The number of ether oxygens (including phenoxy) is 1. The first-order valence-electron chi connectivity index (χ1n) is 7.35. The number of carbonyl (C=O) groups excluding carboxylic acids is 1. The third-order valence-electron chi connectivity index (χ3n) is 2.92. The van der Waals surface area contributed by atoms with E-state index >= 15 is 0 Å². The molecule has 0 atom stereocenters. The Labute approximate surface area is 121 Å². The molecule has 0 heterocycles. The van der Waals surface area contributed by atoms with Crippen molar-refractivity contribution in [3.63, 3.8) is 0 Å². The second-order valence-corrected chi connectivity index (χ2v) is 5.16. The molecule has 0 radical (unpaired) electrons. The quantitative estimate of drug-likeness (QED) is 0.682. The molecule has 4 heteroatoms. The molecule has 0 unspecified atom stereocenters. The van der Waals surface area contributed by atoms with Gasteiger partial charge in [-0.2, -0.15) is 0 Å². The fraction of sp³-hybridized carbons (Fsp3) is 0.562. The lowest BCUT2D eigenvalue weighted by molar-refractivity contribution is 0.0954. The van der Waals surface area contributed by atoms with Gasteiger partial charge in [0.1, 0.15) is 5.75 Å². The summed E-state index contributed by atoms with van der Waals surface area (Å²) in [4.78, 5) is 11.8. The Bertz CT molecular complexity index is 388. The van der Waals surface area contributed by atoms with Crippen molar-refractivity contribution < 1.29 is 9.53 Å². The molecule has 0 aliphatic rings. The molecule has 0 spiro atoms. The number of rotatable bonds is 9. The van der Waals surface area contributed by atoms with E-state index in [0.29, 0.717) is 24.6 Å². The van der Waals surface area contributed by atoms with Gasteiger partial charge in [-0.05, 0) is 43.1 Å². The van der Waals surface area contributed by atoms with Crippen LogP contribution in [0.4, 0.5) is 0 Å². The first-order valence-corrected chi connectivity index (χ1v) is 7.35. The molecular formula is C16H26N2O2. The SMILES string of the molecule is CCNCCNC(=O)c1ccc(OCCC(C)C)cc1. The summed E-state index contributed by atoms with van der Waals surface area (Å²) in [5.41, 5.74) is 0.665. The minimum absolute atomic E-state index is 0.0448. The molecule has 0 aromatic heterocycles. The fourth-order valence-corrected chi connectivity index (χ4v) is 1.66. The number of benzene rings is 1. The van der Waals surface area contributed by atoms with Crippen LogP contribution in [0, 0.1) is 5.92 Å². The zero-order valence-electron chi connectivity index (χ0n) is 12.7. The molecule has 0 fully saturated rings. The van der Waals surface area contributed by atoms with Crippen LogP contribution in [0.25, 0.3) is 0 Å². The van der Waals surface area contributed by atoms with Crippen molar-refractivity contribution >= 4 is 5.91 Å². The van der Waals surface area contributed by atoms with Crippen molar-refractivity contribution in [2.45, 2.75) is 27.2 Å². The van der Waals surface area contributed by atoms with E-state index in [1.54, 1.807) is 12.1 Å². The summed E-state index contributed by atoms with van der Waals surface area (Å²) in [5.74, 6) is 1.41. The molecule has 1 aromatic carbocycles. The van der Waals surface area contributed by atoms with Gasteiger partial charge in [-0.1, -0.05) is 20.8 Å². The smallest absolute Gasteiger partial charge is 0.251 e. The molecule has 1 aromatic rings. The van der Waals surface area contributed by atoms with Crippen LogP contribution in [0.5, 0.6) is 5.75 Å². The lowest BCUT2D eigenvalue weighted by atomic mass is 10.1. The molecule has 0 bridgehead atoms. The maximum atomic E-state index is 11.8. The maximum absolute atomic E-state index is 11.8. The van der Waals surface area contributed by atoms with Crippen LogP contribution in [-0.2, 0) is 0 Å². The van der Waals surface area contributed by atoms with Crippen LogP contribution in [0.1, 0.15) is 37.6 Å². The second-order valence-electron chi connectivity index (χ2n) is 5.16. The molecule has 0 saturated carbocycles. The third-order valence-corrected chi connectivity index (χ3v) is 2.92. The summed E-state index contributed by atoms with van der Waals surface area (Å²) in [6.45, 7) is 9.44. The number of likely N-dealkylation sites (N-methyl/N-ethyl adjacent to an activating group) is 1. The van der Waals surface area contributed by atoms with E-state index in [-0.39, 0.29) is 5.91 Å². The molecule has 2 N–H and O–H groups in total. The Balaban J connectivity index is 2.35. The first-order chi connectivity index (χ1) is 9.63. The summed E-state index contributed by atoms with van der Waals surface area (Å²) in [7, 11) is 0. The van der Waals surface area contributed by atoms with Crippen LogP contribution in [-0.4, -0.2) is 32.1 Å². The van der Waals surface area contributed by atoms with Gasteiger partial charge < -0.3 is 15.4 Å². The minimum atomic E-state index is -0.0448. The second kappa shape index (κ2) is 9.37. The predicted molar refractivity (Wildman–Crippen MR) is 82.3 cm³/mol. The highest BCUT2D eigenvalue weighted by Crippen LogP contribution is 2.13. The minimum Gasteiger partial charge on any atom is -0.494 e. The van der Waals surface area contributed by atoms with Gasteiger partial charge >= 0.3 is 0 Å². The Kier molecular flexibility index (Phi) is 7.73. The van der Waals surface area contributed by atoms with Gasteiger partial charge in [0, 0.05) is 18.7 Å². The molecule has 0 aliphatic heterocycles. The number of hydrogen-bond acceptors (Lipinski definition) is 3. The Morgan fingerprint density at radius 2 is 1.90 bits per heavy atom. The Hall–Kier alpha value is -1.55. The van der Waals surface area contributed by atoms with E-state index in [1.165, 1.54) is 0 Å². The monoisotopic (exact) mass is 278 g/mol. The molecule has 0 saturated heterocycles. The molecule has 4 nitrogen and oxygen atoms in total. The van der Waals surface area contributed by atoms with E-state index in [9.17, 15) is 4.79 Å². The first kappa shape index (κ1) is 16.5. The highest BCUT2D eigenvalue weighted by molar-refractivity contribution is 5.94. The standard InChI is InChI=1S/C16H26N2O2/c1-4-17-10-11-18-16(19)14-5-7-15(8-6-14)20-12-9-13(2)3/h5-8,13,17H,4,9-12H2,1-3H3,(H,18,19). The zero-order chi connectivity index (χ0) is 14.8. The van der Waals surface area contributed by atoms with Gasteiger partial charge in [-0.15, -0.1) is 0 Å². The Morgan fingerprint density at radius 3 is 2.50 bits per heavy atom. The molecule has 20 heavy (non-hydrogen) atoms. The highest BCUT2D eigenvalue weighted by Gasteiger charge is 2.04. The predicted octanol–water partition coefficient (Wildman–Crippen LogP) is 2.45. The van der Waals surface area contributed by atoms with Gasteiger partial charge in [0.2, 0.25) is 0 Å². The van der Waals surface area contributed by atoms with E-state index in [1.807, 2.05) is 19.1 Å². The van der Waals surface area contributed by atoms with Crippen molar-refractivity contribution in [2.75, 3.05) is 26.2 Å². The number of amides is 1. The average molecular weight is 278 g/mol. The number of nitrogens with one attached hydrogen (secondary N) is 2. The normalized spacial score (nSPS) is 10.6. The zero-order valence-corrected chi connectivity index (χ0v) is 12.7. The molecule has 1 rings (SSSR count). The number of hydrogen-bond donors (Lipinski definition) is 2. The average Bonchev–Trinajstić information content (AvgIpc) is 2.44. The summed E-state index contributed by atoms with van der Waals surface area (Å²) in [6, 6.07) is 7.29. The van der Waals surface area contributed by atoms with Gasteiger partial charge in [0.05, 0.1) is 6.61 Å². The third kappa shape index (κ3) is 6.57. The van der Waals surface area contributed by atoms with E-state index in [2.05, 4.69) is 24.5 Å². The van der Waals surface area contributed by atoms with Crippen molar-refractivity contribution in [1.29, 1.82) is 0 Å². The van der Waals surface area contributed by atoms with Crippen LogP contribution >= 0.6 is 0 Å². The molecule has 0 aliphatic carbocycles. The van der Waals surface area contributed by atoms with Crippen molar-refractivity contribution in [3.05, 3.63) is 29.8 Å². The van der Waals surface area contributed by atoms with Crippen molar-refractivity contribution in [2.24, 2.45) is 5.92 Å². The van der Waals surface area contributed by atoms with Crippen molar-refractivity contribution in [1.82, 2.24) is 10.6 Å². The van der Waals surface area contributed by atoms with Crippen LogP contribution in [0.2, 0.25) is 0 Å². The van der Waals surface area contributed by atoms with Gasteiger partial charge in [0.25, 0.3) is 5.91 Å². The van der Waals surface area contributed by atoms with Gasteiger partial charge in [0.15, 0.2) is 0 Å². The van der Waals surface area contributed by atoms with Crippen LogP contribution < -0.4 is 15.4 Å². The van der Waals surface area contributed by atoms with E-state index in [0.717, 1.165) is 25.3 Å².